The molecule has 134 valence electrons. The average molecular weight is 374 g/mol. The number of nitrogens with one attached hydrogen (secondary N) is 1. The molecule has 1 amide bonds. The SMILES string of the molecule is CC(C)N1CCCn2nc(C(=O)N3CCS(=N)(=O)CC3)c(Cl)c2C1. The topological polar surface area (TPSA) is 82.3 Å². The molecular weight excluding hydrogens is 350 g/mol. The molecule has 1 N–H and O–H groups in total. The molecule has 0 aliphatic carbocycles. The van der Waals surface area contributed by atoms with Gasteiger partial charge in [-0.25, -0.2) is 4.21 Å². The molecular formula is C15H24ClN5O2S. The largest absolute Gasteiger partial charge is 0.335 e. The molecule has 0 spiro atoms. The molecule has 24 heavy (non-hydrogen) atoms. The lowest BCUT2D eigenvalue weighted by Gasteiger charge is -2.27. The number of rotatable bonds is 2. The van der Waals surface area contributed by atoms with E-state index in [1.54, 1.807) is 4.90 Å². The minimum atomic E-state index is -2.52. The van der Waals surface area contributed by atoms with Crippen LogP contribution in [0.3, 0.4) is 0 Å². The lowest BCUT2D eigenvalue weighted by molar-refractivity contribution is 0.0764. The zero-order valence-corrected chi connectivity index (χ0v) is 15.7. The number of hydrogen-bond donors (Lipinski definition) is 1. The Balaban J connectivity index is 1.83. The number of nitrogens with zero attached hydrogens (tertiary/aromatic N) is 4. The van der Waals surface area contributed by atoms with Gasteiger partial charge in [-0.2, -0.15) is 5.10 Å². The van der Waals surface area contributed by atoms with Crippen LogP contribution in [0.25, 0.3) is 0 Å². The summed E-state index contributed by atoms with van der Waals surface area (Å²) in [5.41, 5.74) is 1.18. The van der Waals surface area contributed by atoms with Crippen molar-refractivity contribution in [2.45, 2.75) is 39.4 Å². The third-order valence-corrected chi connectivity index (χ3v) is 6.84. The number of halogens is 1. The summed E-state index contributed by atoms with van der Waals surface area (Å²) in [7, 11) is -2.52. The number of amides is 1. The first-order valence-corrected chi connectivity index (χ1v) is 10.6. The molecule has 1 fully saturated rings. The third kappa shape index (κ3) is 3.45. The van der Waals surface area contributed by atoms with E-state index in [-0.39, 0.29) is 23.1 Å². The number of aromatic nitrogens is 2. The molecule has 3 heterocycles. The van der Waals surface area contributed by atoms with Gasteiger partial charge in [0.15, 0.2) is 5.69 Å². The fourth-order valence-corrected chi connectivity index (χ4v) is 4.68. The Morgan fingerprint density at radius 1 is 1.25 bits per heavy atom. The molecule has 0 radical (unpaired) electrons. The quantitative estimate of drug-likeness (QED) is 0.854. The maximum absolute atomic E-state index is 12.7. The molecule has 3 rings (SSSR count). The molecule has 0 aromatic carbocycles. The van der Waals surface area contributed by atoms with Crippen LogP contribution in [0.15, 0.2) is 0 Å². The zero-order chi connectivity index (χ0) is 17.5. The van der Waals surface area contributed by atoms with Crippen molar-refractivity contribution < 1.29 is 9.00 Å². The van der Waals surface area contributed by atoms with Crippen molar-refractivity contribution in [1.82, 2.24) is 19.6 Å². The number of carbonyl (C=O) groups is 1. The van der Waals surface area contributed by atoms with Crippen LogP contribution >= 0.6 is 11.6 Å². The van der Waals surface area contributed by atoms with Gasteiger partial charge in [0, 0.05) is 60.0 Å². The molecule has 2 aliphatic rings. The fraction of sp³-hybridized carbons (Fsp3) is 0.733. The smallest absolute Gasteiger partial charge is 0.275 e. The molecule has 1 aromatic heterocycles. The van der Waals surface area contributed by atoms with Gasteiger partial charge in [-0.05, 0) is 20.3 Å². The van der Waals surface area contributed by atoms with Gasteiger partial charge in [0.05, 0.1) is 10.7 Å². The Bertz CT molecular complexity index is 729. The van der Waals surface area contributed by atoms with Gasteiger partial charge in [-0.15, -0.1) is 0 Å². The highest BCUT2D eigenvalue weighted by Crippen LogP contribution is 2.27. The third-order valence-electron chi connectivity index (χ3n) is 4.76. The number of aryl methyl sites for hydroxylation is 1. The highest BCUT2D eigenvalue weighted by Gasteiger charge is 2.30. The lowest BCUT2D eigenvalue weighted by Crippen LogP contribution is -2.43. The normalized spacial score (nSPS) is 21.6. The zero-order valence-electron chi connectivity index (χ0n) is 14.1. The van der Waals surface area contributed by atoms with Crippen molar-refractivity contribution in [2.75, 3.05) is 31.1 Å². The van der Waals surface area contributed by atoms with Crippen LogP contribution in [-0.4, -0.2) is 66.9 Å². The standard InChI is InChI=1S/C15H24ClN5O2S/c1-11(2)20-4-3-5-21-12(10-20)13(16)14(18-21)15(22)19-6-8-24(17,23)9-7-19/h11,17H,3-10H2,1-2H3. The van der Waals surface area contributed by atoms with E-state index < -0.39 is 9.73 Å². The summed E-state index contributed by atoms with van der Waals surface area (Å²) in [5, 5.41) is 4.90. The molecule has 2 aliphatic heterocycles. The van der Waals surface area contributed by atoms with Gasteiger partial charge < -0.3 is 4.90 Å². The van der Waals surface area contributed by atoms with Crippen molar-refractivity contribution in [2.24, 2.45) is 0 Å². The minimum Gasteiger partial charge on any atom is -0.335 e. The summed E-state index contributed by atoms with van der Waals surface area (Å²) in [6.07, 6.45) is 0.974. The maximum Gasteiger partial charge on any atom is 0.275 e. The van der Waals surface area contributed by atoms with E-state index in [1.807, 2.05) is 4.68 Å². The van der Waals surface area contributed by atoms with Crippen molar-refractivity contribution in [3.63, 3.8) is 0 Å². The highest BCUT2D eigenvalue weighted by atomic mass is 35.5. The highest BCUT2D eigenvalue weighted by molar-refractivity contribution is 7.92. The predicted octanol–water partition coefficient (Wildman–Crippen LogP) is 1.65. The molecule has 0 saturated carbocycles. The van der Waals surface area contributed by atoms with Crippen LogP contribution in [0.2, 0.25) is 5.02 Å². The first-order valence-electron chi connectivity index (χ1n) is 8.31. The van der Waals surface area contributed by atoms with Crippen LogP contribution in [0.1, 0.15) is 36.5 Å². The molecule has 0 bridgehead atoms. The van der Waals surface area contributed by atoms with E-state index in [0.29, 0.717) is 30.7 Å². The summed E-state index contributed by atoms with van der Waals surface area (Å²) in [5.74, 6) is 0.238. The van der Waals surface area contributed by atoms with Gasteiger partial charge in [0.2, 0.25) is 0 Å². The van der Waals surface area contributed by atoms with Crippen molar-refractivity contribution in [3.8, 4) is 0 Å². The van der Waals surface area contributed by atoms with Crippen LogP contribution in [0.4, 0.5) is 0 Å². The second-order valence-electron chi connectivity index (χ2n) is 6.76. The van der Waals surface area contributed by atoms with Gasteiger partial charge in [0.25, 0.3) is 5.91 Å². The van der Waals surface area contributed by atoms with Crippen LogP contribution in [-0.2, 0) is 22.8 Å². The maximum atomic E-state index is 12.7. The Morgan fingerprint density at radius 2 is 1.92 bits per heavy atom. The van der Waals surface area contributed by atoms with Crippen molar-refractivity contribution >= 4 is 27.2 Å². The van der Waals surface area contributed by atoms with Gasteiger partial charge >= 0.3 is 0 Å². The lowest BCUT2D eigenvalue weighted by atomic mass is 10.2. The Hall–Kier alpha value is -1.12. The van der Waals surface area contributed by atoms with Gasteiger partial charge in [-0.1, -0.05) is 11.6 Å². The van der Waals surface area contributed by atoms with E-state index in [1.165, 1.54) is 0 Å². The second-order valence-corrected chi connectivity index (χ2v) is 9.58. The fourth-order valence-electron chi connectivity index (χ4n) is 3.17. The molecule has 0 unspecified atom stereocenters. The summed E-state index contributed by atoms with van der Waals surface area (Å²) in [4.78, 5) is 16.7. The van der Waals surface area contributed by atoms with E-state index in [0.717, 1.165) is 25.2 Å². The first-order chi connectivity index (χ1) is 11.3. The van der Waals surface area contributed by atoms with E-state index in [2.05, 4.69) is 23.8 Å². The Kier molecular flexibility index (Phi) is 4.90. The van der Waals surface area contributed by atoms with E-state index in [4.69, 9.17) is 16.4 Å². The molecule has 1 aromatic rings. The van der Waals surface area contributed by atoms with E-state index >= 15 is 0 Å². The van der Waals surface area contributed by atoms with Gasteiger partial charge in [0.1, 0.15) is 0 Å². The van der Waals surface area contributed by atoms with Crippen LogP contribution in [0, 0.1) is 4.78 Å². The van der Waals surface area contributed by atoms with E-state index in [9.17, 15) is 9.00 Å². The summed E-state index contributed by atoms with van der Waals surface area (Å²) in [6, 6.07) is 0.411. The molecule has 1 saturated heterocycles. The molecule has 9 heteroatoms. The first kappa shape index (κ1) is 17.7. The average Bonchev–Trinajstić information content (AvgIpc) is 2.71. The monoisotopic (exact) mass is 373 g/mol. The predicted molar refractivity (Wildman–Crippen MR) is 93.9 cm³/mol. The number of hydrogen-bond acceptors (Lipinski definition) is 5. The second kappa shape index (κ2) is 6.65. The van der Waals surface area contributed by atoms with Crippen LogP contribution in [0.5, 0.6) is 0 Å². The summed E-state index contributed by atoms with van der Waals surface area (Å²) in [6.45, 7) is 7.40. The number of carbonyl (C=O) groups excluding carboxylic acids is 1. The van der Waals surface area contributed by atoms with Crippen LogP contribution < -0.4 is 0 Å². The molecule has 0 atom stereocenters. The summed E-state index contributed by atoms with van der Waals surface area (Å²) < 4.78 is 21.2. The van der Waals surface area contributed by atoms with Crippen molar-refractivity contribution in [1.29, 1.82) is 4.78 Å². The Labute approximate surface area is 147 Å². The van der Waals surface area contributed by atoms with Gasteiger partial charge in [-0.3, -0.25) is 19.2 Å². The number of fused-ring (bicyclic) bond motifs is 1. The summed E-state index contributed by atoms with van der Waals surface area (Å²) >= 11 is 6.50. The minimum absolute atomic E-state index is 0.216. The Morgan fingerprint density at radius 3 is 2.54 bits per heavy atom. The van der Waals surface area contributed by atoms with Crippen molar-refractivity contribution in [3.05, 3.63) is 16.4 Å². The molecule has 7 nitrogen and oxygen atoms in total.